The summed E-state index contributed by atoms with van der Waals surface area (Å²) in [5, 5.41) is 6.77. The van der Waals surface area contributed by atoms with Gasteiger partial charge < -0.3 is 9.09 Å². The lowest BCUT2D eigenvalue weighted by molar-refractivity contribution is 0.102. The molecule has 0 saturated heterocycles. The molecule has 0 aliphatic carbocycles. The van der Waals surface area contributed by atoms with E-state index >= 15 is 0 Å². The number of hydrogen-bond acceptors (Lipinski definition) is 6. The van der Waals surface area contributed by atoms with Crippen LogP contribution in [0.1, 0.15) is 34.6 Å². The van der Waals surface area contributed by atoms with E-state index < -0.39 is 0 Å². The third kappa shape index (κ3) is 4.34. The average Bonchev–Trinajstić information content (AvgIpc) is 3.24. The Kier molecular flexibility index (Phi) is 5.43. The summed E-state index contributed by atoms with van der Waals surface area (Å²) in [4.78, 5) is 22.9. The Bertz CT molecular complexity index is 885. The minimum atomic E-state index is -0.186. The number of benzene rings is 1. The second-order valence-corrected chi connectivity index (χ2v) is 6.15. The van der Waals surface area contributed by atoms with Crippen LogP contribution >= 0.6 is 0 Å². The highest BCUT2D eigenvalue weighted by molar-refractivity contribution is 6.03. The van der Waals surface area contributed by atoms with Crippen LogP contribution in [-0.2, 0) is 26.6 Å². The number of rotatable bonds is 7. The molecule has 8 heteroatoms. The van der Waals surface area contributed by atoms with Crippen molar-refractivity contribution in [2.45, 2.75) is 26.4 Å². The van der Waals surface area contributed by atoms with Gasteiger partial charge in [0, 0.05) is 38.0 Å². The first-order valence-electron chi connectivity index (χ1n) is 8.42. The number of aryl methyl sites for hydroxylation is 2. The van der Waals surface area contributed by atoms with Gasteiger partial charge >= 0.3 is 0 Å². The molecule has 0 spiro atoms. The van der Waals surface area contributed by atoms with Crippen molar-refractivity contribution in [3.63, 3.8) is 0 Å². The number of amides is 1. The van der Waals surface area contributed by atoms with Crippen LogP contribution in [0.25, 0.3) is 0 Å². The zero-order valence-corrected chi connectivity index (χ0v) is 15.1. The van der Waals surface area contributed by atoms with E-state index in [4.69, 9.17) is 4.52 Å². The van der Waals surface area contributed by atoms with E-state index in [2.05, 4.69) is 25.3 Å². The molecule has 0 unspecified atom stereocenters. The predicted molar refractivity (Wildman–Crippen MR) is 96.5 cm³/mol. The van der Waals surface area contributed by atoms with E-state index in [0.717, 1.165) is 12.0 Å². The monoisotopic (exact) mass is 354 g/mol. The number of aromatic nitrogens is 4. The summed E-state index contributed by atoms with van der Waals surface area (Å²) in [6.07, 6.45) is 4.15. The quantitative estimate of drug-likeness (QED) is 0.700. The number of imidazole rings is 1. The van der Waals surface area contributed by atoms with Gasteiger partial charge in [0.1, 0.15) is 0 Å². The van der Waals surface area contributed by atoms with Crippen molar-refractivity contribution in [3.05, 3.63) is 59.5 Å². The van der Waals surface area contributed by atoms with Gasteiger partial charge in [-0.3, -0.25) is 15.0 Å². The van der Waals surface area contributed by atoms with Crippen LogP contribution < -0.4 is 5.32 Å². The van der Waals surface area contributed by atoms with Crippen LogP contribution in [0, 0.1) is 0 Å². The molecule has 0 fully saturated rings. The first-order chi connectivity index (χ1) is 12.5. The zero-order chi connectivity index (χ0) is 18.5. The summed E-state index contributed by atoms with van der Waals surface area (Å²) in [7, 11) is 3.80. The first-order valence-corrected chi connectivity index (χ1v) is 8.42. The molecule has 26 heavy (non-hydrogen) atoms. The molecule has 3 aromatic rings. The molecule has 3 rings (SSSR count). The smallest absolute Gasteiger partial charge is 0.257 e. The third-order valence-electron chi connectivity index (χ3n) is 3.91. The van der Waals surface area contributed by atoms with E-state index in [1.807, 2.05) is 39.2 Å². The number of carbonyl (C=O) groups excluding carboxylic acids is 1. The van der Waals surface area contributed by atoms with Gasteiger partial charge in [0.25, 0.3) is 5.91 Å². The molecule has 1 N–H and O–H groups in total. The Morgan fingerprint density at radius 2 is 2.19 bits per heavy atom. The summed E-state index contributed by atoms with van der Waals surface area (Å²) in [6.45, 7) is 3.22. The lowest BCUT2D eigenvalue weighted by Crippen LogP contribution is -2.19. The van der Waals surface area contributed by atoms with Crippen molar-refractivity contribution in [1.29, 1.82) is 0 Å². The molecule has 1 aromatic carbocycles. The minimum Gasteiger partial charge on any atom is -0.339 e. The van der Waals surface area contributed by atoms with Gasteiger partial charge in [-0.2, -0.15) is 4.98 Å². The normalized spacial score (nSPS) is 11.1. The molecule has 0 bridgehead atoms. The summed E-state index contributed by atoms with van der Waals surface area (Å²) >= 11 is 0. The maximum absolute atomic E-state index is 12.4. The van der Waals surface area contributed by atoms with Crippen LogP contribution in [0.15, 0.2) is 41.2 Å². The number of hydrogen-bond donors (Lipinski definition) is 1. The fourth-order valence-electron chi connectivity index (χ4n) is 2.58. The van der Waals surface area contributed by atoms with Gasteiger partial charge in [-0.15, -0.1) is 0 Å². The molecular weight excluding hydrogens is 332 g/mol. The van der Waals surface area contributed by atoms with Gasteiger partial charge in [0.15, 0.2) is 5.82 Å². The summed E-state index contributed by atoms with van der Waals surface area (Å²) < 4.78 is 6.88. The Hall–Kier alpha value is -3.00. The molecule has 2 heterocycles. The molecule has 136 valence electrons. The maximum Gasteiger partial charge on any atom is 0.257 e. The highest BCUT2D eigenvalue weighted by Crippen LogP contribution is 2.12. The standard InChI is InChI=1S/C18H22N6O2/c1-4-16-20-15(22-26-16)12-23(2)11-13-6-5-7-14(10-13)17(25)21-18-19-8-9-24(18)3/h5-10H,4,11-12H2,1-3H3,(H,19,21,25). The molecule has 0 radical (unpaired) electrons. The summed E-state index contributed by atoms with van der Waals surface area (Å²) in [5.41, 5.74) is 1.62. The minimum absolute atomic E-state index is 0.186. The predicted octanol–water partition coefficient (Wildman–Crippen LogP) is 2.25. The van der Waals surface area contributed by atoms with Gasteiger partial charge in [-0.05, 0) is 24.7 Å². The van der Waals surface area contributed by atoms with Crippen LogP contribution in [0.4, 0.5) is 5.95 Å². The number of nitrogens with zero attached hydrogens (tertiary/aromatic N) is 5. The fraction of sp³-hybridized carbons (Fsp3) is 0.333. The lowest BCUT2D eigenvalue weighted by atomic mass is 10.1. The maximum atomic E-state index is 12.4. The topological polar surface area (TPSA) is 89.1 Å². The highest BCUT2D eigenvalue weighted by Gasteiger charge is 2.11. The van der Waals surface area contributed by atoms with Crippen molar-refractivity contribution in [2.75, 3.05) is 12.4 Å². The molecule has 8 nitrogen and oxygen atoms in total. The van der Waals surface area contributed by atoms with Crippen LogP contribution in [0.3, 0.4) is 0 Å². The van der Waals surface area contributed by atoms with Crippen molar-refractivity contribution in [3.8, 4) is 0 Å². The van der Waals surface area contributed by atoms with Crippen LogP contribution in [0.2, 0.25) is 0 Å². The number of nitrogens with one attached hydrogen (secondary N) is 1. The fourth-order valence-corrected chi connectivity index (χ4v) is 2.58. The average molecular weight is 354 g/mol. The molecule has 0 aliphatic rings. The zero-order valence-electron chi connectivity index (χ0n) is 15.1. The SMILES string of the molecule is CCc1nc(CN(C)Cc2cccc(C(=O)Nc3nccn3C)c2)no1. The third-order valence-corrected chi connectivity index (χ3v) is 3.91. The Balaban J connectivity index is 1.63. The van der Waals surface area contributed by atoms with E-state index in [0.29, 0.717) is 36.3 Å². The first kappa shape index (κ1) is 17.8. The second-order valence-electron chi connectivity index (χ2n) is 6.15. The van der Waals surface area contributed by atoms with Crippen molar-refractivity contribution < 1.29 is 9.32 Å². The van der Waals surface area contributed by atoms with Crippen LogP contribution in [0.5, 0.6) is 0 Å². The Morgan fingerprint density at radius 1 is 1.35 bits per heavy atom. The molecule has 1 amide bonds. The van der Waals surface area contributed by atoms with Crippen molar-refractivity contribution in [2.24, 2.45) is 7.05 Å². The van der Waals surface area contributed by atoms with E-state index in [-0.39, 0.29) is 5.91 Å². The molecular formula is C18H22N6O2. The Morgan fingerprint density at radius 3 is 2.88 bits per heavy atom. The van der Waals surface area contributed by atoms with Gasteiger partial charge in [-0.25, -0.2) is 4.98 Å². The number of carbonyl (C=O) groups is 1. The summed E-state index contributed by atoms with van der Waals surface area (Å²) in [6, 6.07) is 7.53. The Labute approximate surface area is 151 Å². The lowest BCUT2D eigenvalue weighted by Gasteiger charge is -2.15. The van der Waals surface area contributed by atoms with Crippen molar-refractivity contribution in [1.82, 2.24) is 24.6 Å². The molecule has 0 saturated carbocycles. The van der Waals surface area contributed by atoms with E-state index in [1.54, 1.807) is 23.0 Å². The van der Waals surface area contributed by atoms with Gasteiger partial charge in [-0.1, -0.05) is 24.2 Å². The summed E-state index contributed by atoms with van der Waals surface area (Å²) in [5.74, 6) is 1.63. The van der Waals surface area contributed by atoms with Gasteiger partial charge in [0.05, 0.1) is 6.54 Å². The second kappa shape index (κ2) is 7.92. The van der Waals surface area contributed by atoms with E-state index in [9.17, 15) is 4.79 Å². The largest absolute Gasteiger partial charge is 0.339 e. The van der Waals surface area contributed by atoms with Gasteiger partial charge in [0.2, 0.25) is 11.8 Å². The highest BCUT2D eigenvalue weighted by atomic mass is 16.5. The molecule has 0 atom stereocenters. The van der Waals surface area contributed by atoms with Crippen molar-refractivity contribution >= 4 is 11.9 Å². The number of anilines is 1. The molecule has 0 aliphatic heterocycles. The molecule has 2 aromatic heterocycles. The van der Waals surface area contributed by atoms with Crippen LogP contribution in [-0.4, -0.2) is 37.5 Å². The van der Waals surface area contributed by atoms with E-state index in [1.165, 1.54) is 0 Å².